The van der Waals surface area contributed by atoms with Crippen LogP contribution >= 0.6 is 7.60 Å². The molecular formula is C32H40F2N3O4P. The van der Waals surface area contributed by atoms with E-state index < -0.39 is 19.7 Å². The van der Waals surface area contributed by atoms with Gasteiger partial charge in [-0.15, -0.1) is 0 Å². The van der Waals surface area contributed by atoms with Crippen LogP contribution in [-0.2, 0) is 26.5 Å². The molecule has 2 aromatic carbocycles. The molecule has 0 saturated carbocycles. The van der Waals surface area contributed by atoms with Gasteiger partial charge in [0, 0.05) is 23.4 Å². The van der Waals surface area contributed by atoms with Gasteiger partial charge in [0.25, 0.3) is 0 Å². The molecule has 0 fully saturated rings. The lowest BCUT2D eigenvalue weighted by atomic mass is 9.99. The summed E-state index contributed by atoms with van der Waals surface area (Å²) in [5.41, 5.74) is 8.88. The quantitative estimate of drug-likeness (QED) is 0.0831. The Morgan fingerprint density at radius 2 is 1.69 bits per heavy atom. The summed E-state index contributed by atoms with van der Waals surface area (Å²) < 4.78 is 56.9. The number of anilines is 1. The zero-order valence-electron chi connectivity index (χ0n) is 24.8. The standard InChI is InChI=1S/C32H40F2N3O4P/c1-5-40-42(38,41-6-2)32(33,34)16-8-7-9-17-39-26-14-13-25(23(4)19-26)12-11-24-20-28-27-15-10-22(3)18-29(27)37-31(35)30(28)36-21-24/h10,13-15,18-21H,5-9,11-12,16-17H2,1-4H3,(H2,35,37). The van der Waals surface area contributed by atoms with Gasteiger partial charge in [-0.25, -0.2) is 4.98 Å². The average molecular weight is 600 g/mol. The lowest BCUT2D eigenvalue weighted by Crippen LogP contribution is -2.20. The summed E-state index contributed by atoms with van der Waals surface area (Å²) in [6, 6.07) is 14.4. The lowest BCUT2D eigenvalue weighted by Gasteiger charge is -2.25. The average Bonchev–Trinajstić information content (AvgIpc) is 2.94. The summed E-state index contributed by atoms with van der Waals surface area (Å²) in [6.45, 7) is 7.36. The van der Waals surface area contributed by atoms with Gasteiger partial charge in [-0.2, -0.15) is 8.78 Å². The van der Waals surface area contributed by atoms with Crippen LogP contribution in [0.1, 0.15) is 61.8 Å². The third-order valence-electron chi connectivity index (χ3n) is 7.26. The number of alkyl halides is 2. The number of rotatable bonds is 15. The van der Waals surface area contributed by atoms with Crippen LogP contribution in [0.25, 0.3) is 21.8 Å². The highest BCUT2D eigenvalue weighted by molar-refractivity contribution is 7.55. The van der Waals surface area contributed by atoms with E-state index in [1.165, 1.54) is 19.4 Å². The van der Waals surface area contributed by atoms with Crippen LogP contribution in [0.5, 0.6) is 5.75 Å². The van der Waals surface area contributed by atoms with Crippen molar-refractivity contribution in [2.75, 3.05) is 25.6 Å². The van der Waals surface area contributed by atoms with Crippen molar-refractivity contribution < 1.29 is 27.1 Å². The third-order valence-corrected chi connectivity index (χ3v) is 9.48. The Hall–Kier alpha value is -3.13. The Morgan fingerprint density at radius 1 is 0.929 bits per heavy atom. The third kappa shape index (κ3) is 7.44. The number of nitrogen functional groups attached to an aromatic ring is 1. The molecule has 4 rings (SSSR count). The van der Waals surface area contributed by atoms with Crippen LogP contribution in [-0.4, -0.2) is 35.5 Å². The smallest absolute Gasteiger partial charge is 0.399 e. The van der Waals surface area contributed by atoms with Crippen LogP contribution < -0.4 is 10.5 Å². The molecule has 0 aliphatic rings. The van der Waals surface area contributed by atoms with Gasteiger partial charge in [0.05, 0.1) is 25.3 Å². The minimum atomic E-state index is -4.46. The first-order chi connectivity index (χ1) is 20.1. The molecule has 226 valence electrons. The van der Waals surface area contributed by atoms with Gasteiger partial charge in [0.2, 0.25) is 0 Å². The normalized spacial score (nSPS) is 12.3. The number of unbranched alkanes of at least 4 members (excludes halogenated alkanes) is 2. The van der Waals surface area contributed by atoms with Gasteiger partial charge in [-0.3, -0.25) is 9.55 Å². The van der Waals surface area contributed by atoms with Crippen molar-refractivity contribution in [1.82, 2.24) is 9.97 Å². The molecule has 0 spiro atoms. The topological polar surface area (TPSA) is 96.6 Å². The zero-order valence-corrected chi connectivity index (χ0v) is 25.7. The molecule has 2 heterocycles. The number of hydrogen-bond donors (Lipinski definition) is 1. The second-order valence-electron chi connectivity index (χ2n) is 10.5. The maximum absolute atomic E-state index is 14.5. The summed E-state index contributed by atoms with van der Waals surface area (Å²) in [5.74, 6) is 1.18. The van der Waals surface area contributed by atoms with E-state index in [9.17, 15) is 13.3 Å². The highest BCUT2D eigenvalue weighted by atomic mass is 31.2. The van der Waals surface area contributed by atoms with Crippen molar-refractivity contribution in [2.45, 2.75) is 71.9 Å². The molecule has 0 aliphatic heterocycles. The van der Waals surface area contributed by atoms with Gasteiger partial charge in [0.1, 0.15) is 11.3 Å². The predicted octanol–water partition coefficient (Wildman–Crippen LogP) is 8.57. The molecule has 0 radical (unpaired) electrons. The Kier molecular flexibility index (Phi) is 10.5. The molecule has 0 bridgehead atoms. The second-order valence-corrected chi connectivity index (χ2v) is 12.7. The number of hydrogen-bond acceptors (Lipinski definition) is 7. The number of nitrogens with zero attached hydrogens (tertiary/aromatic N) is 2. The molecule has 0 atom stereocenters. The fourth-order valence-corrected chi connectivity index (χ4v) is 6.59. The molecule has 7 nitrogen and oxygen atoms in total. The van der Waals surface area contributed by atoms with Crippen molar-refractivity contribution >= 4 is 35.2 Å². The molecule has 0 aliphatic carbocycles. The first-order valence-corrected chi connectivity index (χ1v) is 16.0. The fourth-order valence-electron chi connectivity index (χ4n) is 5.03. The van der Waals surface area contributed by atoms with Gasteiger partial charge in [-0.1, -0.05) is 18.2 Å². The molecule has 0 unspecified atom stereocenters. The summed E-state index contributed by atoms with van der Waals surface area (Å²) in [7, 11) is -4.46. The molecule has 0 saturated heterocycles. The second kappa shape index (κ2) is 13.9. The summed E-state index contributed by atoms with van der Waals surface area (Å²) in [5, 5.41) is 2.05. The van der Waals surface area contributed by atoms with E-state index in [2.05, 4.69) is 41.2 Å². The molecule has 4 aromatic rings. The Balaban J connectivity index is 1.28. The van der Waals surface area contributed by atoms with Crippen molar-refractivity contribution in [3.63, 3.8) is 0 Å². The maximum atomic E-state index is 14.5. The monoisotopic (exact) mass is 599 g/mol. The first-order valence-electron chi connectivity index (χ1n) is 14.5. The predicted molar refractivity (Wildman–Crippen MR) is 165 cm³/mol. The lowest BCUT2D eigenvalue weighted by molar-refractivity contribution is 0.0293. The molecule has 42 heavy (non-hydrogen) atoms. The summed E-state index contributed by atoms with van der Waals surface area (Å²) >= 11 is 0. The van der Waals surface area contributed by atoms with Crippen molar-refractivity contribution in [1.29, 1.82) is 0 Å². The Bertz CT molecular complexity index is 1570. The number of aromatic nitrogens is 2. The molecule has 0 amide bonds. The van der Waals surface area contributed by atoms with Gasteiger partial charge in [-0.05, 0) is 106 Å². The number of fused-ring (bicyclic) bond motifs is 3. The molecule has 10 heteroatoms. The van der Waals surface area contributed by atoms with Gasteiger partial charge in [0.15, 0.2) is 5.82 Å². The van der Waals surface area contributed by atoms with Crippen LogP contribution in [0.3, 0.4) is 0 Å². The number of halogens is 2. The number of ether oxygens (including phenoxy) is 1. The van der Waals surface area contributed by atoms with Crippen molar-refractivity contribution in [3.05, 3.63) is 70.9 Å². The van der Waals surface area contributed by atoms with E-state index in [-0.39, 0.29) is 19.6 Å². The molecule has 2 N–H and O–H groups in total. The largest absolute Gasteiger partial charge is 0.494 e. The van der Waals surface area contributed by atoms with Crippen molar-refractivity contribution in [2.24, 2.45) is 0 Å². The Morgan fingerprint density at radius 3 is 2.40 bits per heavy atom. The molecule has 2 aromatic heterocycles. The number of nitrogens with two attached hydrogens (primary N) is 1. The summed E-state index contributed by atoms with van der Waals surface area (Å²) in [6.07, 6.45) is 4.30. The van der Waals surface area contributed by atoms with Crippen molar-refractivity contribution in [3.8, 4) is 5.75 Å². The fraction of sp³-hybridized carbons (Fsp3) is 0.438. The van der Waals surface area contributed by atoms with Crippen LogP contribution in [0.4, 0.5) is 14.6 Å². The van der Waals surface area contributed by atoms with Crippen LogP contribution in [0, 0.1) is 13.8 Å². The maximum Gasteiger partial charge on any atom is 0.399 e. The van der Waals surface area contributed by atoms with E-state index in [4.69, 9.17) is 19.5 Å². The number of aryl methyl sites for hydroxylation is 4. The highest BCUT2D eigenvalue weighted by Gasteiger charge is 2.52. The summed E-state index contributed by atoms with van der Waals surface area (Å²) in [4.78, 5) is 9.15. The van der Waals surface area contributed by atoms with Crippen LogP contribution in [0.2, 0.25) is 0 Å². The number of pyridine rings is 2. The van der Waals surface area contributed by atoms with E-state index in [0.717, 1.165) is 57.1 Å². The first kappa shape index (κ1) is 31.8. The van der Waals surface area contributed by atoms with E-state index in [1.54, 1.807) is 0 Å². The van der Waals surface area contributed by atoms with Gasteiger partial charge < -0.3 is 19.5 Å². The highest BCUT2D eigenvalue weighted by Crippen LogP contribution is 2.63. The van der Waals surface area contributed by atoms with E-state index in [0.29, 0.717) is 25.3 Å². The zero-order chi connectivity index (χ0) is 30.3. The minimum absolute atomic E-state index is 0.0930. The SMILES string of the molecule is CCOP(=O)(OCC)C(F)(F)CCCCCOc1ccc(CCc2cnc3c(N)nc4cc(C)ccc4c3c2)c(C)c1. The number of benzene rings is 2. The Labute approximate surface area is 246 Å². The van der Waals surface area contributed by atoms with E-state index in [1.807, 2.05) is 31.3 Å². The van der Waals surface area contributed by atoms with E-state index >= 15 is 0 Å². The molecular weight excluding hydrogens is 559 g/mol. The minimum Gasteiger partial charge on any atom is -0.494 e. The van der Waals surface area contributed by atoms with Gasteiger partial charge >= 0.3 is 13.3 Å². The van der Waals surface area contributed by atoms with Crippen LogP contribution in [0.15, 0.2) is 48.7 Å².